The highest BCUT2D eigenvalue weighted by molar-refractivity contribution is 5.56. The zero-order valence-electron chi connectivity index (χ0n) is 21.2. The highest BCUT2D eigenvalue weighted by Gasteiger charge is 2.30. The second-order valence-electron chi connectivity index (χ2n) is 9.08. The number of ether oxygens (including phenoxy) is 4. The van der Waals surface area contributed by atoms with Crippen molar-refractivity contribution in [1.29, 1.82) is 0 Å². The minimum atomic E-state index is -0.629. The quantitative estimate of drug-likeness (QED) is 0.479. The number of methoxy groups -OCH3 is 4. The van der Waals surface area contributed by atoms with Crippen LogP contribution >= 0.6 is 0 Å². The Bertz CT molecular complexity index is 937. The summed E-state index contributed by atoms with van der Waals surface area (Å²) in [6, 6.07) is 10.0. The van der Waals surface area contributed by atoms with E-state index in [1.165, 1.54) is 11.1 Å². The molecule has 0 fully saturated rings. The Balaban J connectivity index is 1.47. The molecular formula is C28H39NO5. The molecule has 0 aliphatic heterocycles. The van der Waals surface area contributed by atoms with Crippen LogP contribution < -0.4 is 18.9 Å². The minimum Gasteiger partial charge on any atom is -0.493 e. The summed E-state index contributed by atoms with van der Waals surface area (Å²) in [5.74, 6) is 2.98. The summed E-state index contributed by atoms with van der Waals surface area (Å²) in [6.45, 7) is 1.78. The lowest BCUT2D eigenvalue weighted by Gasteiger charge is -2.27. The summed E-state index contributed by atoms with van der Waals surface area (Å²) in [7, 11) is 8.73. The summed E-state index contributed by atoms with van der Waals surface area (Å²) < 4.78 is 21.6. The molecule has 1 aliphatic rings. The fourth-order valence-corrected chi connectivity index (χ4v) is 4.63. The zero-order valence-corrected chi connectivity index (χ0v) is 21.2. The normalized spacial score (nSPS) is 15.1. The molecule has 0 aromatic heterocycles. The molecule has 186 valence electrons. The Labute approximate surface area is 204 Å². The van der Waals surface area contributed by atoms with Crippen molar-refractivity contribution < 1.29 is 24.1 Å². The monoisotopic (exact) mass is 469 g/mol. The molecule has 0 saturated carbocycles. The number of nitrogens with zero attached hydrogens (tertiary/aromatic N) is 1. The summed E-state index contributed by atoms with van der Waals surface area (Å²) in [5.41, 5.74) is 2.96. The largest absolute Gasteiger partial charge is 0.493 e. The Hall–Kier alpha value is -2.70. The zero-order chi connectivity index (χ0) is 24.6. The SMILES string of the molecule is COc1ccc(C=CCN(C)CCCC2(O)CCc3cc(OC)c(OC)cc3CC2)cc1OC. The van der Waals surface area contributed by atoms with Gasteiger partial charge in [0.15, 0.2) is 23.0 Å². The van der Waals surface area contributed by atoms with Crippen molar-refractivity contribution in [2.24, 2.45) is 0 Å². The van der Waals surface area contributed by atoms with Crippen LogP contribution in [0.1, 0.15) is 42.4 Å². The smallest absolute Gasteiger partial charge is 0.161 e. The van der Waals surface area contributed by atoms with Gasteiger partial charge in [-0.2, -0.15) is 0 Å². The number of aliphatic hydroxyl groups is 1. The summed E-state index contributed by atoms with van der Waals surface area (Å²) in [4.78, 5) is 2.28. The number of benzene rings is 2. The molecule has 0 radical (unpaired) electrons. The minimum absolute atomic E-state index is 0.629. The molecule has 0 saturated heterocycles. The lowest BCUT2D eigenvalue weighted by atomic mass is 9.89. The third-order valence-corrected chi connectivity index (χ3v) is 6.74. The van der Waals surface area contributed by atoms with E-state index in [0.29, 0.717) is 0 Å². The first-order valence-electron chi connectivity index (χ1n) is 11.9. The molecule has 0 spiro atoms. The predicted molar refractivity (Wildman–Crippen MR) is 136 cm³/mol. The van der Waals surface area contributed by atoms with E-state index in [4.69, 9.17) is 18.9 Å². The molecule has 6 nitrogen and oxygen atoms in total. The van der Waals surface area contributed by atoms with E-state index in [1.807, 2.05) is 18.2 Å². The highest BCUT2D eigenvalue weighted by atomic mass is 16.5. The van der Waals surface area contributed by atoms with Crippen LogP contribution in [0.5, 0.6) is 23.0 Å². The van der Waals surface area contributed by atoms with Gasteiger partial charge in [0.1, 0.15) is 0 Å². The number of aryl methyl sites for hydroxylation is 2. The molecule has 0 bridgehead atoms. The van der Waals surface area contributed by atoms with Crippen molar-refractivity contribution in [2.45, 2.75) is 44.1 Å². The van der Waals surface area contributed by atoms with Gasteiger partial charge in [-0.05, 0) is 93.1 Å². The van der Waals surface area contributed by atoms with E-state index < -0.39 is 5.60 Å². The molecule has 34 heavy (non-hydrogen) atoms. The summed E-state index contributed by atoms with van der Waals surface area (Å²) in [6.07, 6.45) is 9.28. The maximum atomic E-state index is 11.3. The van der Waals surface area contributed by atoms with Gasteiger partial charge in [-0.25, -0.2) is 0 Å². The van der Waals surface area contributed by atoms with Gasteiger partial charge >= 0.3 is 0 Å². The van der Waals surface area contributed by atoms with Crippen molar-refractivity contribution in [3.05, 3.63) is 53.1 Å². The van der Waals surface area contributed by atoms with Gasteiger partial charge in [0.2, 0.25) is 0 Å². The molecule has 2 aromatic carbocycles. The third-order valence-electron chi connectivity index (χ3n) is 6.74. The fourth-order valence-electron chi connectivity index (χ4n) is 4.63. The molecule has 3 rings (SSSR count). The van der Waals surface area contributed by atoms with E-state index in [9.17, 15) is 5.11 Å². The van der Waals surface area contributed by atoms with Crippen LogP contribution in [0.3, 0.4) is 0 Å². The van der Waals surface area contributed by atoms with Gasteiger partial charge in [0.05, 0.1) is 34.0 Å². The number of likely N-dealkylation sites (N-methyl/N-ethyl adjacent to an activating group) is 1. The maximum absolute atomic E-state index is 11.3. The van der Waals surface area contributed by atoms with Gasteiger partial charge in [-0.1, -0.05) is 18.2 Å². The second-order valence-corrected chi connectivity index (χ2v) is 9.08. The molecule has 6 heteroatoms. The summed E-state index contributed by atoms with van der Waals surface area (Å²) >= 11 is 0. The molecule has 0 heterocycles. The van der Waals surface area contributed by atoms with Crippen LogP contribution in [0.4, 0.5) is 0 Å². The molecule has 0 unspecified atom stereocenters. The first kappa shape index (κ1) is 25.9. The maximum Gasteiger partial charge on any atom is 0.161 e. The molecule has 2 aromatic rings. The summed E-state index contributed by atoms with van der Waals surface area (Å²) in [5, 5.41) is 11.3. The lowest BCUT2D eigenvalue weighted by Crippen LogP contribution is -2.30. The molecule has 1 N–H and O–H groups in total. The van der Waals surface area contributed by atoms with Gasteiger partial charge in [0, 0.05) is 6.54 Å². The van der Waals surface area contributed by atoms with Gasteiger partial charge in [0.25, 0.3) is 0 Å². The fraction of sp³-hybridized carbons (Fsp3) is 0.500. The molecule has 1 aliphatic carbocycles. The van der Waals surface area contributed by atoms with Crippen molar-refractivity contribution in [2.75, 3.05) is 48.6 Å². The Kier molecular flexibility index (Phi) is 9.25. The van der Waals surface area contributed by atoms with Gasteiger partial charge in [-0.3, -0.25) is 0 Å². The lowest BCUT2D eigenvalue weighted by molar-refractivity contribution is 0.0137. The van der Waals surface area contributed by atoms with Gasteiger partial charge < -0.3 is 29.0 Å². The predicted octanol–water partition coefficient (Wildman–Crippen LogP) is 4.76. The standard InChI is InChI=1S/C28H39NO5/c1-29(16-6-8-21-9-10-24(31-2)25(18-21)32-3)17-7-13-28(30)14-11-22-19-26(33-4)27(34-5)20-23(22)12-15-28/h6,8-10,18-20,30H,7,11-17H2,1-5H3. The first-order chi connectivity index (χ1) is 16.4. The number of fused-ring (bicyclic) bond motifs is 1. The third kappa shape index (κ3) is 6.67. The molecule has 0 amide bonds. The Morgan fingerprint density at radius 3 is 1.97 bits per heavy atom. The van der Waals surface area contributed by atoms with Crippen LogP contribution in [0.2, 0.25) is 0 Å². The Morgan fingerprint density at radius 1 is 0.853 bits per heavy atom. The van der Waals surface area contributed by atoms with E-state index >= 15 is 0 Å². The number of rotatable bonds is 11. The van der Waals surface area contributed by atoms with Gasteiger partial charge in [-0.15, -0.1) is 0 Å². The van der Waals surface area contributed by atoms with Crippen molar-refractivity contribution >= 4 is 6.08 Å². The highest BCUT2D eigenvalue weighted by Crippen LogP contribution is 2.37. The number of hydrogen-bond donors (Lipinski definition) is 1. The average Bonchev–Trinajstić information content (AvgIpc) is 3.01. The van der Waals surface area contributed by atoms with Crippen LogP contribution in [0.15, 0.2) is 36.4 Å². The Morgan fingerprint density at radius 2 is 1.41 bits per heavy atom. The van der Waals surface area contributed by atoms with Crippen LogP contribution in [0, 0.1) is 0 Å². The van der Waals surface area contributed by atoms with E-state index in [1.54, 1.807) is 28.4 Å². The molecule has 0 atom stereocenters. The van der Waals surface area contributed by atoms with E-state index in [0.717, 1.165) is 80.2 Å². The van der Waals surface area contributed by atoms with Crippen molar-refractivity contribution in [3.8, 4) is 23.0 Å². The van der Waals surface area contributed by atoms with Crippen LogP contribution in [-0.2, 0) is 12.8 Å². The van der Waals surface area contributed by atoms with Crippen LogP contribution in [0.25, 0.3) is 6.08 Å². The molecular weight excluding hydrogens is 430 g/mol. The van der Waals surface area contributed by atoms with Crippen LogP contribution in [-0.4, -0.2) is 64.2 Å². The average molecular weight is 470 g/mol. The van der Waals surface area contributed by atoms with Crippen molar-refractivity contribution in [1.82, 2.24) is 4.90 Å². The first-order valence-corrected chi connectivity index (χ1v) is 11.9. The number of hydrogen-bond acceptors (Lipinski definition) is 6. The second kappa shape index (κ2) is 12.1. The van der Waals surface area contributed by atoms with E-state index in [-0.39, 0.29) is 0 Å². The van der Waals surface area contributed by atoms with Crippen molar-refractivity contribution in [3.63, 3.8) is 0 Å². The topological polar surface area (TPSA) is 60.4 Å². The van der Waals surface area contributed by atoms with E-state index in [2.05, 4.69) is 36.2 Å².